The van der Waals surface area contributed by atoms with Gasteiger partial charge in [0, 0.05) is 16.4 Å². The number of alkyl halides is 6. The quantitative estimate of drug-likeness (QED) is 0.362. The molecule has 1 aromatic carbocycles. The summed E-state index contributed by atoms with van der Waals surface area (Å²) in [5, 5.41) is 9.14. The molecule has 0 radical (unpaired) electrons. The van der Waals surface area contributed by atoms with Crippen molar-refractivity contribution in [3.63, 3.8) is 0 Å². The minimum atomic E-state index is -4.64. The predicted molar refractivity (Wildman–Crippen MR) is 117 cm³/mol. The molecule has 0 fully saturated rings. The summed E-state index contributed by atoms with van der Waals surface area (Å²) in [6, 6.07) is 6.27. The second-order valence-electron chi connectivity index (χ2n) is 7.64. The highest BCUT2D eigenvalue weighted by atomic mass is 32.2. The van der Waals surface area contributed by atoms with E-state index in [9.17, 15) is 30.7 Å². The molecule has 1 aliphatic rings. The van der Waals surface area contributed by atoms with Gasteiger partial charge in [0.25, 0.3) is 0 Å². The Labute approximate surface area is 202 Å². The van der Waals surface area contributed by atoms with Crippen molar-refractivity contribution in [1.29, 1.82) is 5.26 Å². The Bertz CT molecular complexity index is 1000. The van der Waals surface area contributed by atoms with Gasteiger partial charge < -0.3 is 15.2 Å². The molecule has 0 aliphatic heterocycles. The summed E-state index contributed by atoms with van der Waals surface area (Å²) in [5.41, 5.74) is 6.10. The van der Waals surface area contributed by atoms with Gasteiger partial charge in [-0.25, -0.2) is 4.39 Å². The Morgan fingerprint density at radius 1 is 1.14 bits per heavy atom. The number of ether oxygens (including phenoxy) is 2. The molecule has 1 aliphatic carbocycles. The van der Waals surface area contributed by atoms with Gasteiger partial charge in [0.2, 0.25) is 0 Å². The van der Waals surface area contributed by atoms with E-state index < -0.39 is 48.5 Å². The maximum atomic E-state index is 14.6. The lowest BCUT2D eigenvalue weighted by Crippen LogP contribution is -2.29. The maximum absolute atomic E-state index is 14.6. The first kappa shape index (κ1) is 28.6. The van der Waals surface area contributed by atoms with Crippen LogP contribution < -0.4 is 5.73 Å². The first-order valence-corrected chi connectivity index (χ1v) is 11.3. The molecule has 3 unspecified atom stereocenters. The van der Waals surface area contributed by atoms with Gasteiger partial charge in [-0.2, -0.15) is 31.6 Å². The fourth-order valence-corrected chi connectivity index (χ4v) is 4.25. The number of benzene rings is 1. The third kappa shape index (κ3) is 8.50. The number of thioether (sulfide) groups is 1. The molecule has 0 aromatic heterocycles. The molecule has 1 aromatic rings. The van der Waals surface area contributed by atoms with Crippen molar-refractivity contribution in [3.8, 4) is 6.07 Å². The van der Waals surface area contributed by atoms with Gasteiger partial charge in [-0.15, -0.1) is 11.8 Å². The fraction of sp³-hybridized carbons (Fsp3) is 0.435. The second-order valence-corrected chi connectivity index (χ2v) is 8.65. The summed E-state index contributed by atoms with van der Waals surface area (Å²) in [5.74, 6) is -2.34. The van der Waals surface area contributed by atoms with Crippen molar-refractivity contribution in [2.24, 2.45) is 11.7 Å². The maximum Gasteiger partial charge on any atom is 0.416 e. The second kappa shape index (κ2) is 11.9. The summed E-state index contributed by atoms with van der Waals surface area (Å²) < 4.78 is 101. The van der Waals surface area contributed by atoms with E-state index in [2.05, 4.69) is 0 Å². The molecule has 0 spiro atoms. The number of nitriles is 1. The summed E-state index contributed by atoms with van der Waals surface area (Å²) in [6.45, 7) is 1.67. The van der Waals surface area contributed by atoms with E-state index >= 15 is 0 Å². The summed E-state index contributed by atoms with van der Waals surface area (Å²) >= 11 is 1.18. The van der Waals surface area contributed by atoms with E-state index in [0.717, 1.165) is 24.3 Å². The Kier molecular flexibility index (Phi) is 9.68. The fourth-order valence-electron chi connectivity index (χ4n) is 3.10. The Morgan fingerprint density at radius 2 is 1.77 bits per heavy atom. The van der Waals surface area contributed by atoms with Crippen LogP contribution >= 0.6 is 11.8 Å². The highest BCUT2D eigenvalue weighted by Crippen LogP contribution is 2.35. The normalized spacial score (nSPS) is 20.3. The average Bonchev–Trinajstić information content (AvgIpc) is 2.77. The number of allylic oxidation sites excluding steroid dienone is 2. The Morgan fingerprint density at radius 3 is 2.26 bits per heavy atom. The van der Waals surface area contributed by atoms with Crippen molar-refractivity contribution in [2.75, 3.05) is 6.61 Å². The predicted octanol–water partition coefficient (Wildman–Crippen LogP) is 6.76. The van der Waals surface area contributed by atoms with Crippen LogP contribution in [0.4, 0.5) is 30.7 Å². The molecular weight excluding hydrogens is 501 g/mol. The molecule has 35 heavy (non-hydrogen) atoms. The summed E-state index contributed by atoms with van der Waals surface area (Å²) in [7, 11) is 0. The zero-order valence-corrected chi connectivity index (χ0v) is 19.5. The first-order chi connectivity index (χ1) is 16.2. The van der Waals surface area contributed by atoms with Crippen LogP contribution in [0.5, 0.6) is 0 Å². The zero-order valence-electron chi connectivity index (χ0n) is 18.7. The Balaban J connectivity index is 2.17. The van der Waals surface area contributed by atoms with E-state index in [-0.39, 0.29) is 11.5 Å². The van der Waals surface area contributed by atoms with Gasteiger partial charge in [0.05, 0.1) is 23.7 Å². The van der Waals surface area contributed by atoms with E-state index in [1.807, 2.05) is 0 Å². The van der Waals surface area contributed by atoms with Crippen LogP contribution in [-0.2, 0) is 21.4 Å². The first-order valence-electron chi connectivity index (χ1n) is 10.3. The molecule has 192 valence electrons. The lowest BCUT2D eigenvalue weighted by atomic mass is 9.97. The smallest absolute Gasteiger partial charge is 0.416 e. The standard InChI is InChI=1S/C23H23F7N2O2S/c1-3-18(21(13(2)32)35-11-14-4-6-16(7-5-14)23(28,29)30)34-20-9-19(33-12-22(25,26)27)15(10-31)8-17(20)24/h4-9,15,18-19H,3,11-12,32H2,1-2H3/b21-13-. The third-order valence-corrected chi connectivity index (χ3v) is 6.19. The molecular formula is C23H23F7N2O2S. The minimum absolute atomic E-state index is 0.243. The van der Waals surface area contributed by atoms with Crippen LogP contribution in [-0.4, -0.2) is 25.0 Å². The van der Waals surface area contributed by atoms with Crippen LogP contribution in [0.25, 0.3) is 0 Å². The van der Waals surface area contributed by atoms with Gasteiger partial charge in [0.1, 0.15) is 12.7 Å². The van der Waals surface area contributed by atoms with Crippen LogP contribution in [0, 0.1) is 17.2 Å². The van der Waals surface area contributed by atoms with Crippen LogP contribution in [0.3, 0.4) is 0 Å². The number of hydrogen-bond donors (Lipinski definition) is 1. The summed E-state index contributed by atoms with van der Waals surface area (Å²) in [6.07, 6.45) is -9.15. The minimum Gasteiger partial charge on any atom is -0.482 e. The summed E-state index contributed by atoms with van der Waals surface area (Å²) in [4.78, 5) is 0.483. The SMILES string of the molecule is CCC(OC1=CC(OCC(F)(F)F)C(C#N)C=C1F)/C(SCc1ccc(C(F)(F)F)cc1)=C(\C)N. The third-order valence-electron chi connectivity index (χ3n) is 4.82. The Hall–Kier alpha value is -2.65. The average molecular weight is 525 g/mol. The lowest BCUT2D eigenvalue weighted by molar-refractivity contribution is -0.182. The molecule has 4 nitrogen and oxygen atoms in total. The lowest BCUT2D eigenvalue weighted by Gasteiger charge is -2.27. The van der Waals surface area contributed by atoms with Gasteiger partial charge >= 0.3 is 12.4 Å². The van der Waals surface area contributed by atoms with Crippen molar-refractivity contribution in [3.05, 3.63) is 69.7 Å². The monoisotopic (exact) mass is 524 g/mol. The number of hydrogen-bond acceptors (Lipinski definition) is 5. The van der Waals surface area contributed by atoms with Crippen molar-refractivity contribution < 1.29 is 40.2 Å². The molecule has 12 heteroatoms. The van der Waals surface area contributed by atoms with E-state index in [1.165, 1.54) is 23.9 Å². The van der Waals surface area contributed by atoms with Gasteiger partial charge in [-0.05, 0) is 43.2 Å². The van der Waals surface area contributed by atoms with Crippen molar-refractivity contribution >= 4 is 11.8 Å². The number of halogens is 7. The molecule has 0 bridgehead atoms. The van der Waals surface area contributed by atoms with E-state index in [0.29, 0.717) is 22.6 Å². The molecule has 2 rings (SSSR count). The zero-order chi connectivity index (χ0) is 26.4. The molecule has 3 atom stereocenters. The van der Waals surface area contributed by atoms with Gasteiger partial charge in [0.15, 0.2) is 11.6 Å². The number of nitrogens with two attached hydrogens (primary N) is 1. The van der Waals surface area contributed by atoms with Crippen LogP contribution in [0.1, 0.15) is 31.4 Å². The van der Waals surface area contributed by atoms with Crippen molar-refractivity contribution in [2.45, 2.75) is 50.6 Å². The largest absolute Gasteiger partial charge is 0.482 e. The molecule has 2 N–H and O–H groups in total. The molecule has 0 saturated carbocycles. The number of rotatable bonds is 9. The topological polar surface area (TPSA) is 68.3 Å². The number of nitrogens with zero attached hydrogens (tertiary/aromatic N) is 1. The van der Waals surface area contributed by atoms with E-state index in [1.54, 1.807) is 19.9 Å². The molecule has 0 saturated heterocycles. The van der Waals surface area contributed by atoms with Gasteiger partial charge in [-0.1, -0.05) is 19.1 Å². The highest BCUT2D eigenvalue weighted by molar-refractivity contribution is 8.02. The van der Waals surface area contributed by atoms with Gasteiger partial charge in [-0.3, -0.25) is 0 Å². The van der Waals surface area contributed by atoms with E-state index in [4.69, 9.17) is 20.5 Å². The molecule has 0 heterocycles. The highest BCUT2D eigenvalue weighted by Gasteiger charge is 2.34. The van der Waals surface area contributed by atoms with Crippen LogP contribution in [0.15, 0.2) is 58.6 Å². The van der Waals surface area contributed by atoms with Crippen LogP contribution in [0.2, 0.25) is 0 Å². The van der Waals surface area contributed by atoms with Crippen molar-refractivity contribution in [1.82, 2.24) is 0 Å². The molecule has 0 amide bonds.